The fraction of sp³-hybridized carbons (Fsp3) is 0.476. The van der Waals surface area contributed by atoms with E-state index in [0.717, 1.165) is 152 Å². The van der Waals surface area contributed by atoms with Gasteiger partial charge in [0.1, 0.15) is 40.0 Å². The summed E-state index contributed by atoms with van der Waals surface area (Å²) in [7, 11) is -1.32. The van der Waals surface area contributed by atoms with Gasteiger partial charge in [-0.25, -0.2) is 13.4 Å². The lowest BCUT2D eigenvalue weighted by molar-refractivity contribution is -0.139. The number of piperidine rings is 1. The number of carbonyl (C=O) groups excluding carboxylic acids is 11. The largest absolute Gasteiger partial charge is 0.480 e. The van der Waals surface area contributed by atoms with Gasteiger partial charge in [0.15, 0.2) is 0 Å². The first kappa shape index (κ1) is 117. The van der Waals surface area contributed by atoms with Crippen LogP contribution in [0.3, 0.4) is 0 Å². The second kappa shape index (κ2) is 62.7. The number of para-hydroxylation sites is 7. The van der Waals surface area contributed by atoms with E-state index in [9.17, 15) is 66.0 Å². The topological polar surface area (TPSA) is 548 Å². The number of fused-ring (bicyclic) bond motifs is 1. The van der Waals surface area contributed by atoms with Crippen LogP contribution in [0.15, 0.2) is 170 Å². The number of aromatic nitrogens is 1. The van der Waals surface area contributed by atoms with Gasteiger partial charge < -0.3 is 100 Å². The molecule has 0 bridgehead atoms. The zero-order valence-electron chi connectivity index (χ0n) is 83.8. The van der Waals surface area contributed by atoms with Gasteiger partial charge in [0.25, 0.3) is 0 Å². The number of benzene rings is 7. The summed E-state index contributed by atoms with van der Waals surface area (Å²) >= 11 is 1.59. The van der Waals surface area contributed by atoms with Crippen LogP contribution < -0.4 is 76.1 Å². The Labute approximate surface area is 849 Å². The standard InChI is InChI=1S/C19H30N4O2.C19H19N3O2S.C17H25N3O6S.C17H25N3O3.C17H25N3O2.C16H23N3O3/c1-15(24)18(20)7-8-19(25)21-13-16-5-3-4-6-17(16)14-23-11-9-22(2)10-12-23;1-12(23)14(20)10-11-18(24)21-15-7-3-2-6-13(15)19-22-16-8-4-5-9-17(16)25-19;18-15(17(22)23)5-6-16(21)19-11-13-3-1-2-4-14(13)12-27(24,25)20-7-9-26-10-8-20;1-13(21)15(18)6-7-17(22)19-16-5-3-2-4-14(16)12-20-8-10-23-11-9-20;1-13(21)14(18)9-10-17(22)19-15-7-3-4-8-16(15)20-11-5-2-6-12-20;1-12(20)13(17)6-7-16(21)18-14-4-2-3-5-15(14)19-8-10-22-11-9-19/h3-6,18H,7-14,20H2,1-2H3,(H,21,25);2-9,14H,10-11,20H2,1H3,(H,21,24);1-4,15H,5-12,18H2,(H,19,21)(H,22,23);2-5,15H,6-12,18H2,1H3,(H,19,22);3-4,7-8,14H,2,5-6,9-12,18H2,1H3,(H,19,22);2-5,13H,6-11,17H2,1H3,(H,18,21)/t18-;14-;2*15-;14-;13-/m000000/s1. The molecule has 0 unspecified atom stereocenters. The molecule has 6 atom stereocenters. The summed E-state index contributed by atoms with van der Waals surface area (Å²) in [4.78, 5) is 155. The molecule has 0 radical (unpaired) electrons. The number of morpholine rings is 3. The Morgan fingerprint density at radius 3 is 1.17 bits per heavy atom. The number of thiazole rings is 1. The molecule has 39 heteroatoms. The average Bonchev–Trinajstić information content (AvgIpc) is 1.63. The van der Waals surface area contributed by atoms with E-state index in [2.05, 4.69) is 80.6 Å². The predicted octanol–water partition coefficient (Wildman–Crippen LogP) is 8.63. The number of aliphatic carboxylic acids is 1. The number of nitrogens with zero attached hydrogens (tertiary/aromatic N) is 7. The monoisotopic (exact) mass is 2030 g/mol. The number of nitrogens with two attached hydrogens (primary N) is 6. The van der Waals surface area contributed by atoms with Crippen molar-refractivity contribution >= 4 is 136 Å². The van der Waals surface area contributed by atoms with Crippen molar-refractivity contribution in [1.82, 2.24) is 34.6 Å². The summed E-state index contributed by atoms with van der Waals surface area (Å²) in [5.41, 5.74) is 45.6. The number of rotatable bonds is 42. The number of ketones is 5. The molecule has 0 saturated carbocycles. The van der Waals surface area contributed by atoms with Crippen LogP contribution in [0.5, 0.6) is 0 Å². The second-order valence-corrected chi connectivity index (χ2v) is 39.2. The van der Waals surface area contributed by atoms with Crippen LogP contribution in [0, 0.1) is 0 Å². The van der Waals surface area contributed by atoms with Crippen molar-refractivity contribution in [3.05, 3.63) is 198 Å². The quantitative estimate of drug-likeness (QED) is 0.0170. The van der Waals surface area contributed by atoms with Gasteiger partial charge in [-0.3, -0.25) is 67.3 Å². The van der Waals surface area contributed by atoms with E-state index in [1.165, 1.54) is 63.7 Å². The molecular weight excluding hydrogens is 1880 g/mol. The van der Waals surface area contributed by atoms with Crippen LogP contribution in [0.2, 0.25) is 0 Å². The van der Waals surface area contributed by atoms with Crippen LogP contribution in [-0.4, -0.2) is 269 Å². The maximum Gasteiger partial charge on any atom is 0.320 e. The minimum atomic E-state index is -3.47. The van der Waals surface area contributed by atoms with Gasteiger partial charge in [-0.05, 0) is 182 Å². The Morgan fingerprint density at radius 1 is 0.368 bits per heavy atom. The molecule has 5 aliphatic rings. The second-order valence-electron chi connectivity index (χ2n) is 36.2. The van der Waals surface area contributed by atoms with Crippen LogP contribution in [0.4, 0.5) is 34.1 Å². The SMILES string of the molecule is CC(=O)[C@@H](N)CCC(=O)NCc1ccccc1CN1CCN(C)CC1.CC(=O)[C@@H](N)CCC(=O)Nc1ccccc1-c1nc2ccccc2s1.CC(=O)[C@@H](N)CCC(=O)Nc1ccccc1CN1CCOCC1.CC(=O)[C@@H](N)CCC(=O)Nc1ccccc1N1CCCCC1.CC(=O)[C@@H](N)CCC(=O)Nc1ccccc1N1CCOCC1.N[C@@H](CCC(=O)NCc1ccccc1CS(=O)(=O)N1CCOCC1)C(=O)O. The van der Waals surface area contributed by atoms with Crippen molar-refractivity contribution in [1.29, 1.82) is 0 Å². The highest BCUT2D eigenvalue weighted by atomic mass is 32.2. The van der Waals surface area contributed by atoms with Crippen LogP contribution >= 0.6 is 11.3 Å². The zero-order chi connectivity index (χ0) is 104. The lowest BCUT2D eigenvalue weighted by atomic mass is 10.1. The summed E-state index contributed by atoms with van der Waals surface area (Å²) in [6, 6.07) is 50.2. The maximum atomic E-state index is 12.6. The van der Waals surface area contributed by atoms with E-state index >= 15 is 0 Å². The first-order chi connectivity index (χ1) is 69.0. The smallest absolute Gasteiger partial charge is 0.320 e. The summed E-state index contributed by atoms with van der Waals surface area (Å²) in [6.07, 6.45) is 6.74. The molecule has 6 heterocycles. The Balaban J connectivity index is 0.000000211. The minimum absolute atomic E-state index is 0.0122. The number of anilines is 6. The number of sulfonamides is 1. The molecule has 19 N–H and O–H groups in total. The average molecular weight is 2030 g/mol. The number of hydrogen-bond acceptors (Lipinski definition) is 30. The molecule has 7 aromatic carbocycles. The maximum absolute atomic E-state index is 12.6. The minimum Gasteiger partial charge on any atom is -0.480 e. The summed E-state index contributed by atoms with van der Waals surface area (Å²) < 4.78 is 43.6. The van der Waals surface area contributed by atoms with Crippen LogP contribution in [0.1, 0.15) is 159 Å². The fourth-order valence-corrected chi connectivity index (χ4v) is 18.2. The number of Topliss-reactive ketones (excluding diaryl/α,β-unsaturated/α-hetero) is 5. The van der Waals surface area contributed by atoms with Gasteiger partial charge in [0.2, 0.25) is 45.5 Å². The number of piperazine rings is 1. The fourth-order valence-electron chi connectivity index (χ4n) is 15.6. The van der Waals surface area contributed by atoms with E-state index in [-0.39, 0.29) is 122 Å². The number of carboxylic acids is 1. The lowest BCUT2D eigenvalue weighted by Crippen LogP contribution is -2.44. The molecule has 144 heavy (non-hydrogen) atoms. The molecule has 0 spiro atoms. The Morgan fingerprint density at radius 2 is 0.708 bits per heavy atom. The summed E-state index contributed by atoms with van der Waals surface area (Å²) in [5.74, 6) is -2.66. The normalized spacial score (nSPS) is 15.8. The molecule has 5 saturated heterocycles. The Kier molecular flexibility index (Phi) is 51.1. The number of hydrogen-bond donors (Lipinski definition) is 13. The van der Waals surface area contributed by atoms with Gasteiger partial charge in [0, 0.05) is 154 Å². The number of ether oxygens (including phenoxy) is 3. The van der Waals surface area contributed by atoms with E-state index < -0.39 is 52.2 Å². The van der Waals surface area contributed by atoms with Crippen molar-refractivity contribution in [3.63, 3.8) is 0 Å². The molecule has 1 aromatic heterocycles. The third-order valence-corrected chi connectivity index (χ3v) is 27.7. The molecule has 37 nitrogen and oxygen atoms in total. The highest BCUT2D eigenvalue weighted by molar-refractivity contribution is 7.88. The van der Waals surface area contributed by atoms with Crippen LogP contribution in [-0.2, 0) is 114 Å². The first-order valence-electron chi connectivity index (χ1n) is 49.2. The molecule has 5 aliphatic heterocycles. The number of carboxylic acid groups (broad SMARTS) is 1. The molecule has 13 rings (SSSR count). The van der Waals surface area contributed by atoms with Crippen LogP contribution in [0.25, 0.3) is 20.8 Å². The highest BCUT2D eigenvalue weighted by Crippen LogP contribution is 2.36. The Bertz CT molecular complexity index is 5460. The third kappa shape index (κ3) is 42.4. The molecule has 0 aliphatic carbocycles. The zero-order valence-corrected chi connectivity index (χ0v) is 85.4. The first-order valence-corrected chi connectivity index (χ1v) is 51.6. The third-order valence-electron chi connectivity index (χ3n) is 24.8. The van der Waals surface area contributed by atoms with Crippen molar-refractivity contribution in [2.45, 2.75) is 199 Å². The number of carbonyl (C=O) groups is 12. The number of nitrogens with one attached hydrogen (secondary N) is 6. The van der Waals surface area contributed by atoms with Gasteiger partial charge in [-0.15, -0.1) is 11.3 Å². The number of amides is 6. The molecular formula is C105H147N19O18S2. The molecule has 8 aromatic rings. The highest BCUT2D eigenvalue weighted by Gasteiger charge is 2.28. The Hall–Kier alpha value is -11.9. The molecule has 6 amide bonds. The van der Waals surface area contributed by atoms with Gasteiger partial charge >= 0.3 is 5.97 Å². The van der Waals surface area contributed by atoms with Gasteiger partial charge in [0.05, 0.1) is 114 Å². The molecule has 5 fully saturated rings. The van der Waals surface area contributed by atoms with E-state index in [4.69, 9.17) is 53.7 Å². The van der Waals surface area contributed by atoms with Crippen molar-refractivity contribution in [2.75, 3.05) is 156 Å². The van der Waals surface area contributed by atoms with E-state index in [1.807, 2.05) is 133 Å². The lowest BCUT2D eigenvalue weighted by Gasteiger charge is -2.32. The van der Waals surface area contributed by atoms with Gasteiger partial charge in [-0.1, -0.05) is 115 Å². The van der Waals surface area contributed by atoms with Crippen molar-refractivity contribution in [2.24, 2.45) is 34.4 Å². The summed E-state index contributed by atoms with van der Waals surface area (Å²) in [5, 5.41) is 26.9. The van der Waals surface area contributed by atoms with Gasteiger partial charge in [-0.2, -0.15) is 4.31 Å². The van der Waals surface area contributed by atoms with E-state index in [1.54, 1.807) is 35.6 Å². The molecule has 782 valence electrons. The summed E-state index contributed by atoms with van der Waals surface area (Å²) in [6.45, 7) is 23.7. The predicted molar refractivity (Wildman–Crippen MR) is 563 cm³/mol. The number of likely N-dealkylation sites (N-methyl/N-ethyl adjacent to an activating group) is 1. The van der Waals surface area contributed by atoms with Crippen molar-refractivity contribution in [3.8, 4) is 10.6 Å². The van der Waals surface area contributed by atoms with Crippen molar-refractivity contribution < 1.29 is 85.3 Å². The van der Waals surface area contributed by atoms with E-state index in [0.29, 0.717) is 95.0 Å².